The minimum atomic E-state index is 0.167. The van der Waals surface area contributed by atoms with Gasteiger partial charge in [-0.1, -0.05) is 140 Å². The van der Waals surface area contributed by atoms with E-state index in [9.17, 15) is 0 Å². The van der Waals surface area contributed by atoms with Crippen molar-refractivity contribution in [3.63, 3.8) is 0 Å². The number of rotatable bonds is 5. The second-order valence-corrected chi connectivity index (χ2v) is 14.4. The molecule has 0 amide bonds. The van der Waals surface area contributed by atoms with Gasteiger partial charge in [0.05, 0.1) is 0 Å². The van der Waals surface area contributed by atoms with E-state index >= 15 is 0 Å². The Labute approximate surface area is 309 Å². The smallest absolute Gasteiger partial charge is 0.208 e. The summed E-state index contributed by atoms with van der Waals surface area (Å²) < 4.78 is 2.59. The summed E-state index contributed by atoms with van der Waals surface area (Å²) in [6.07, 6.45) is 0. The van der Waals surface area contributed by atoms with Crippen molar-refractivity contribution in [2.45, 2.75) is 0 Å². The minimum Gasteiger partial charge on any atom is -0.208 e. The van der Waals surface area contributed by atoms with E-state index in [0.29, 0.717) is 11.6 Å². The minimum absolute atomic E-state index is 0.167. The average molecular weight is 702 g/mol. The molecule has 244 valence electrons. The van der Waals surface area contributed by atoms with E-state index in [-0.39, 0.29) is 5.28 Å². The second kappa shape index (κ2) is 12.5. The molecule has 0 saturated carbocycles. The van der Waals surface area contributed by atoms with Crippen molar-refractivity contribution >= 4 is 64.7 Å². The molecule has 3 nitrogen and oxygen atoms in total. The largest absolute Gasteiger partial charge is 0.226 e. The molecule has 0 bridgehead atoms. The summed E-state index contributed by atoms with van der Waals surface area (Å²) in [5, 5.41) is 7.45. The van der Waals surface area contributed by atoms with Gasteiger partial charge in [0, 0.05) is 31.3 Å². The molecule has 0 aliphatic heterocycles. The van der Waals surface area contributed by atoms with Crippen molar-refractivity contribution in [1.82, 2.24) is 15.0 Å². The molecule has 0 fully saturated rings. The van der Waals surface area contributed by atoms with Crippen LogP contribution < -0.4 is 0 Å². The van der Waals surface area contributed by atoms with E-state index in [4.69, 9.17) is 16.6 Å². The highest BCUT2D eigenvalue weighted by Crippen LogP contribution is 2.42. The van der Waals surface area contributed by atoms with Crippen LogP contribution in [-0.4, -0.2) is 15.0 Å². The van der Waals surface area contributed by atoms with Crippen LogP contribution in [-0.2, 0) is 0 Å². The third kappa shape index (κ3) is 5.41. The van der Waals surface area contributed by atoms with Gasteiger partial charge in [0.1, 0.15) is 0 Å². The van der Waals surface area contributed by atoms with Gasteiger partial charge in [-0.05, 0) is 96.9 Å². The molecular weight excluding hydrogens is 674 g/mol. The van der Waals surface area contributed by atoms with Crippen LogP contribution in [0.15, 0.2) is 170 Å². The first-order valence-electron chi connectivity index (χ1n) is 17.2. The normalized spacial score (nSPS) is 11.6. The number of hydrogen-bond acceptors (Lipinski definition) is 4. The molecule has 10 aromatic rings. The maximum absolute atomic E-state index is 6.51. The first kappa shape index (κ1) is 30.6. The first-order valence-corrected chi connectivity index (χ1v) is 18.4. The Morgan fingerprint density at radius 2 is 1.00 bits per heavy atom. The Morgan fingerprint density at radius 1 is 0.365 bits per heavy atom. The van der Waals surface area contributed by atoms with Crippen LogP contribution in [0.2, 0.25) is 5.28 Å². The Morgan fingerprint density at radius 3 is 1.85 bits per heavy atom. The van der Waals surface area contributed by atoms with Crippen LogP contribution in [0.25, 0.3) is 97.9 Å². The van der Waals surface area contributed by atoms with Gasteiger partial charge in [0.2, 0.25) is 5.28 Å². The average Bonchev–Trinajstić information content (AvgIpc) is 3.59. The van der Waals surface area contributed by atoms with Crippen LogP contribution >= 0.6 is 22.9 Å². The second-order valence-electron chi connectivity index (χ2n) is 13.0. The van der Waals surface area contributed by atoms with E-state index in [2.05, 4.69) is 168 Å². The lowest BCUT2D eigenvalue weighted by molar-refractivity contribution is 1.07. The molecule has 5 heteroatoms. The Hall–Kier alpha value is -6.20. The molecule has 2 aromatic heterocycles. The summed E-state index contributed by atoms with van der Waals surface area (Å²) in [6.45, 7) is 0. The van der Waals surface area contributed by atoms with Gasteiger partial charge in [-0.2, -0.15) is 9.97 Å². The fourth-order valence-corrected chi connectivity index (χ4v) is 8.59. The highest BCUT2D eigenvalue weighted by atomic mass is 35.5. The molecular formula is C47H28ClN3S. The molecule has 0 spiro atoms. The summed E-state index contributed by atoms with van der Waals surface area (Å²) in [4.78, 5) is 13.9. The van der Waals surface area contributed by atoms with Crippen LogP contribution in [0.4, 0.5) is 0 Å². The number of halogens is 1. The van der Waals surface area contributed by atoms with E-state index in [1.165, 1.54) is 58.8 Å². The van der Waals surface area contributed by atoms with Crippen molar-refractivity contribution in [2.75, 3.05) is 0 Å². The molecule has 0 saturated heterocycles. The van der Waals surface area contributed by atoms with Crippen LogP contribution in [0, 0.1) is 0 Å². The monoisotopic (exact) mass is 701 g/mol. The van der Waals surface area contributed by atoms with E-state index in [0.717, 1.165) is 27.5 Å². The van der Waals surface area contributed by atoms with Gasteiger partial charge in [0.25, 0.3) is 0 Å². The number of hydrogen-bond donors (Lipinski definition) is 0. The molecule has 2 heterocycles. The highest BCUT2D eigenvalue weighted by molar-refractivity contribution is 7.26. The SMILES string of the molecule is Clc1nc(-c2ccc(-c3cccc4ccccc34)cc2)nc(-c2ccc3cc(-c4cccc5sc6ccc(-c7ccccc7)cc6c45)ccc3c2)n1. The Bertz CT molecular complexity index is 2960. The summed E-state index contributed by atoms with van der Waals surface area (Å²) in [7, 11) is 0. The molecule has 0 radical (unpaired) electrons. The molecule has 0 aliphatic carbocycles. The molecule has 0 aliphatic rings. The third-order valence-corrected chi connectivity index (χ3v) is 11.2. The van der Waals surface area contributed by atoms with E-state index in [1.54, 1.807) is 0 Å². The standard InChI is InChI=1S/C47H28ClN3S/c48-47-50-45(32-18-16-31(17-19-32)39-13-6-11-30-10-4-5-12-38(30)39)49-46(51-47)37-23-21-33-26-36(22-20-34(33)27-37)40-14-7-15-43-44(40)41-28-35(24-25-42(41)52-43)29-8-2-1-3-9-29/h1-28H. The molecule has 0 atom stereocenters. The summed E-state index contributed by atoms with van der Waals surface area (Å²) in [6, 6.07) is 60.2. The molecule has 0 unspecified atom stereocenters. The lowest BCUT2D eigenvalue weighted by Crippen LogP contribution is -1.97. The molecule has 0 N–H and O–H groups in total. The van der Waals surface area contributed by atoms with Gasteiger partial charge in [-0.25, -0.2) is 4.98 Å². The highest BCUT2D eigenvalue weighted by Gasteiger charge is 2.15. The van der Waals surface area contributed by atoms with Gasteiger partial charge in [0.15, 0.2) is 11.6 Å². The van der Waals surface area contributed by atoms with Gasteiger partial charge >= 0.3 is 0 Å². The lowest BCUT2D eigenvalue weighted by atomic mass is 9.95. The summed E-state index contributed by atoms with van der Waals surface area (Å²) in [5.74, 6) is 1.09. The Kier molecular flexibility index (Phi) is 7.38. The van der Waals surface area contributed by atoms with Crippen molar-refractivity contribution in [3.05, 3.63) is 175 Å². The van der Waals surface area contributed by atoms with Gasteiger partial charge < -0.3 is 0 Å². The number of aromatic nitrogens is 3. The number of nitrogens with zero attached hydrogens (tertiary/aromatic N) is 3. The van der Waals surface area contributed by atoms with Crippen molar-refractivity contribution in [1.29, 1.82) is 0 Å². The van der Waals surface area contributed by atoms with Crippen LogP contribution in [0.3, 0.4) is 0 Å². The number of fused-ring (bicyclic) bond motifs is 5. The van der Waals surface area contributed by atoms with Gasteiger partial charge in [-0.15, -0.1) is 11.3 Å². The summed E-state index contributed by atoms with van der Waals surface area (Å²) >= 11 is 8.36. The third-order valence-electron chi connectivity index (χ3n) is 9.86. The van der Waals surface area contributed by atoms with Crippen LogP contribution in [0.1, 0.15) is 0 Å². The van der Waals surface area contributed by atoms with E-state index in [1.807, 2.05) is 23.5 Å². The topological polar surface area (TPSA) is 38.7 Å². The molecule has 8 aromatic carbocycles. The zero-order valence-corrected chi connectivity index (χ0v) is 29.4. The van der Waals surface area contributed by atoms with Gasteiger partial charge in [-0.3, -0.25) is 0 Å². The maximum atomic E-state index is 6.51. The van der Waals surface area contributed by atoms with Crippen molar-refractivity contribution in [2.24, 2.45) is 0 Å². The molecule has 10 rings (SSSR count). The van der Waals surface area contributed by atoms with Crippen LogP contribution in [0.5, 0.6) is 0 Å². The van der Waals surface area contributed by atoms with Crippen molar-refractivity contribution in [3.8, 4) is 56.2 Å². The zero-order valence-electron chi connectivity index (χ0n) is 27.8. The predicted octanol–water partition coefficient (Wildman–Crippen LogP) is 13.5. The maximum Gasteiger partial charge on any atom is 0.226 e. The fourth-order valence-electron chi connectivity index (χ4n) is 7.31. The van der Waals surface area contributed by atoms with Crippen molar-refractivity contribution < 1.29 is 0 Å². The summed E-state index contributed by atoms with van der Waals surface area (Å²) in [5.41, 5.74) is 8.97. The van der Waals surface area contributed by atoms with E-state index < -0.39 is 0 Å². The zero-order chi connectivity index (χ0) is 34.6. The first-order chi connectivity index (χ1) is 25.6. The number of thiophene rings is 1. The fraction of sp³-hybridized carbons (Fsp3) is 0. The molecule has 52 heavy (non-hydrogen) atoms. The predicted molar refractivity (Wildman–Crippen MR) is 220 cm³/mol. The lowest BCUT2D eigenvalue weighted by Gasteiger charge is -2.10. The Balaban J connectivity index is 0.990. The number of benzene rings is 8. The quantitative estimate of drug-likeness (QED) is 0.179.